The molecule has 2 rings (SSSR count). The average molecular weight is 268 g/mol. The predicted molar refractivity (Wildman–Crippen MR) is 62.2 cm³/mol. The number of rotatable bonds is 4. The highest BCUT2D eigenvalue weighted by Gasteiger charge is 2.13. The summed E-state index contributed by atoms with van der Waals surface area (Å²) in [4.78, 5) is 10.9. The Kier molecular flexibility index (Phi) is 3.46. The van der Waals surface area contributed by atoms with Crippen LogP contribution in [0.15, 0.2) is 30.3 Å². The molecule has 0 fully saturated rings. The molecule has 0 unspecified atom stereocenters. The van der Waals surface area contributed by atoms with E-state index in [0.717, 1.165) is 0 Å². The topological polar surface area (TPSA) is 64.4 Å². The van der Waals surface area contributed by atoms with Crippen LogP contribution in [-0.4, -0.2) is 27.5 Å². The number of aryl methyl sites for hydroxylation is 1. The van der Waals surface area contributed by atoms with Crippen molar-refractivity contribution in [3.63, 3.8) is 0 Å². The van der Waals surface area contributed by atoms with E-state index >= 15 is 0 Å². The maximum Gasteiger partial charge on any atom is 0.387 e. The van der Waals surface area contributed by atoms with Gasteiger partial charge in [-0.05, 0) is 18.2 Å². The number of benzene rings is 1. The van der Waals surface area contributed by atoms with Gasteiger partial charge in [0.15, 0.2) is 0 Å². The Bertz CT molecular complexity index is 611. The minimum Gasteiger partial charge on any atom is -0.477 e. The van der Waals surface area contributed by atoms with Crippen LogP contribution in [0.3, 0.4) is 0 Å². The first kappa shape index (κ1) is 13.0. The van der Waals surface area contributed by atoms with E-state index < -0.39 is 12.6 Å². The molecule has 0 aliphatic heterocycles. The minimum atomic E-state index is -2.91. The Morgan fingerprint density at radius 2 is 2.16 bits per heavy atom. The number of carbonyl (C=O) groups is 1. The molecule has 7 heteroatoms. The summed E-state index contributed by atoms with van der Waals surface area (Å²) in [5.41, 5.74) is 0.885. The zero-order valence-electron chi connectivity index (χ0n) is 9.88. The molecule has 0 spiro atoms. The average Bonchev–Trinajstić information content (AvgIpc) is 2.71. The van der Waals surface area contributed by atoms with Crippen molar-refractivity contribution in [3.8, 4) is 17.0 Å². The third kappa shape index (κ3) is 2.87. The van der Waals surface area contributed by atoms with Crippen LogP contribution in [0.2, 0.25) is 0 Å². The quantitative estimate of drug-likeness (QED) is 0.924. The van der Waals surface area contributed by atoms with Crippen molar-refractivity contribution in [1.29, 1.82) is 0 Å². The molecule has 0 saturated carbocycles. The molecule has 0 saturated heterocycles. The van der Waals surface area contributed by atoms with E-state index in [-0.39, 0.29) is 11.4 Å². The molecule has 1 N–H and O–H groups in total. The number of halogens is 2. The van der Waals surface area contributed by atoms with Gasteiger partial charge in [0, 0.05) is 12.6 Å². The fourth-order valence-electron chi connectivity index (χ4n) is 1.64. The molecule has 5 nitrogen and oxygen atoms in total. The first-order chi connectivity index (χ1) is 8.97. The maximum absolute atomic E-state index is 12.1. The van der Waals surface area contributed by atoms with Gasteiger partial charge in [-0.25, -0.2) is 4.79 Å². The van der Waals surface area contributed by atoms with Crippen molar-refractivity contribution >= 4 is 5.97 Å². The number of hydrogen-bond acceptors (Lipinski definition) is 3. The van der Waals surface area contributed by atoms with Gasteiger partial charge in [0.2, 0.25) is 0 Å². The number of aromatic nitrogens is 2. The van der Waals surface area contributed by atoms with Crippen LogP contribution in [0.25, 0.3) is 11.3 Å². The lowest BCUT2D eigenvalue weighted by atomic mass is 10.1. The normalized spacial score (nSPS) is 10.7. The van der Waals surface area contributed by atoms with Gasteiger partial charge in [0.05, 0.1) is 5.69 Å². The molecule has 1 aromatic carbocycles. The van der Waals surface area contributed by atoms with Crippen molar-refractivity contribution in [2.24, 2.45) is 7.05 Å². The molecule has 0 aliphatic rings. The van der Waals surface area contributed by atoms with Crippen molar-refractivity contribution < 1.29 is 23.4 Å². The number of carboxylic acid groups (broad SMARTS) is 1. The van der Waals surface area contributed by atoms with E-state index in [0.29, 0.717) is 11.3 Å². The van der Waals surface area contributed by atoms with E-state index in [2.05, 4.69) is 9.84 Å². The summed E-state index contributed by atoms with van der Waals surface area (Å²) < 4.78 is 29.7. The molecule has 0 amide bonds. The Hall–Kier alpha value is -2.44. The van der Waals surface area contributed by atoms with Crippen LogP contribution < -0.4 is 4.74 Å². The Morgan fingerprint density at radius 1 is 1.42 bits per heavy atom. The summed E-state index contributed by atoms with van der Waals surface area (Å²) >= 11 is 0. The fraction of sp³-hybridized carbons (Fsp3) is 0.167. The Labute approximate surface area is 107 Å². The van der Waals surface area contributed by atoms with Gasteiger partial charge in [0.25, 0.3) is 0 Å². The van der Waals surface area contributed by atoms with Crippen LogP contribution in [0.1, 0.15) is 10.5 Å². The second kappa shape index (κ2) is 5.05. The summed E-state index contributed by atoms with van der Waals surface area (Å²) in [6.07, 6.45) is 0. The summed E-state index contributed by atoms with van der Waals surface area (Å²) in [5, 5.41) is 12.9. The number of ether oxygens (including phenoxy) is 1. The largest absolute Gasteiger partial charge is 0.477 e. The molecule has 0 bridgehead atoms. The number of hydrogen-bond donors (Lipinski definition) is 1. The van der Waals surface area contributed by atoms with Crippen LogP contribution in [-0.2, 0) is 7.05 Å². The SMILES string of the molecule is Cn1nc(-c2cccc(OC(F)F)c2)cc1C(=O)O. The van der Waals surface area contributed by atoms with Crippen molar-refractivity contribution in [1.82, 2.24) is 9.78 Å². The van der Waals surface area contributed by atoms with Gasteiger partial charge in [0.1, 0.15) is 11.4 Å². The monoisotopic (exact) mass is 268 g/mol. The van der Waals surface area contributed by atoms with Crippen molar-refractivity contribution in [2.75, 3.05) is 0 Å². The van der Waals surface area contributed by atoms with Crippen molar-refractivity contribution in [3.05, 3.63) is 36.0 Å². The molecular formula is C12H10F2N2O3. The second-order valence-corrected chi connectivity index (χ2v) is 3.75. The maximum atomic E-state index is 12.1. The van der Waals surface area contributed by atoms with E-state index in [4.69, 9.17) is 5.11 Å². The number of nitrogens with zero attached hydrogens (tertiary/aromatic N) is 2. The van der Waals surface area contributed by atoms with E-state index in [1.54, 1.807) is 6.07 Å². The van der Waals surface area contributed by atoms with E-state index in [9.17, 15) is 13.6 Å². The minimum absolute atomic E-state index is 0.00460. The number of alkyl halides is 2. The molecule has 100 valence electrons. The second-order valence-electron chi connectivity index (χ2n) is 3.75. The lowest BCUT2D eigenvalue weighted by Crippen LogP contribution is -2.04. The molecular weight excluding hydrogens is 258 g/mol. The summed E-state index contributed by atoms with van der Waals surface area (Å²) in [7, 11) is 1.49. The highest BCUT2D eigenvalue weighted by Crippen LogP contribution is 2.24. The molecule has 0 aliphatic carbocycles. The smallest absolute Gasteiger partial charge is 0.387 e. The van der Waals surface area contributed by atoms with Gasteiger partial charge < -0.3 is 9.84 Å². The molecule has 0 atom stereocenters. The molecule has 2 aromatic rings. The highest BCUT2D eigenvalue weighted by atomic mass is 19.3. The van der Waals surface area contributed by atoms with Gasteiger partial charge in [-0.15, -0.1) is 0 Å². The summed E-state index contributed by atoms with van der Waals surface area (Å²) in [6.45, 7) is -2.91. The molecule has 1 heterocycles. The summed E-state index contributed by atoms with van der Waals surface area (Å²) in [5.74, 6) is -1.11. The highest BCUT2D eigenvalue weighted by molar-refractivity contribution is 5.87. The lowest BCUT2D eigenvalue weighted by molar-refractivity contribution is -0.0498. The molecule has 1 aromatic heterocycles. The van der Waals surface area contributed by atoms with Gasteiger partial charge in [-0.2, -0.15) is 13.9 Å². The third-order valence-corrected chi connectivity index (χ3v) is 2.45. The Balaban J connectivity index is 2.36. The fourth-order valence-corrected chi connectivity index (χ4v) is 1.64. The Morgan fingerprint density at radius 3 is 2.74 bits per heavy atom. The van der Waals surface area contributed by atoms with Gasteiger partial charge >= 0.3 is 12.6 Å². The van der Waals surface area contributed by atoms with E-state index in [1.165, 1.54) is 36.0 Å². The predicted octanol–water partition coefficient (Wildman–Crippen LogP) is 2.39. The van der Waals surface area contributed by atoms with Crippen molar-refractivity contribution in [2.45, 2.75) is 6.61 Å². The zero-order valence-corrected chi connectivity index (χ0v) is 9.88. The van der Waals surface area contributed by atoms with Gasteiger partial charge in [-0.3, -0.25) is 4.68 Å². The number of aromatic carboxylic acids is 1. The first-order valence-electron chi connectivity index (χ1n) is 5.30. The lowest BCUT2D eigenvalue weighted by Gasteiger charge is -2.05. The van der Waals surface area contributed by atoms with Crippen LogP contribution in [0.4, 0.5) is 8.78 Å². The van der Waals surface area contributed by atoms with Crippen LogP contribution in [0, 0.1) is 0 Å². The summed E-state index contributed by atoms with van der Waals surface area (Å²) in [6, 6.07) is 7.29. The zero-order chi connectivity index (χ0) is 14.0. The number of carboxylic acids is 1. The first-order valence-corrected chi connectivity index (χ1v) is 5.30. The standard InChI is InChI=1S/C12H10F2N2O3/c1-16-10(11(17)18)6-9(15-16)7-3-2-4-8(5-7)19-12(13)14/h2-6,12H,1H3,(H,17,18). The molecule has 19 heavy (non-hydrogen) atoms. The van der Waals surface area contributed by atoms with Crippen LogP contribution >= 0.6 is 0 Å². The third-order valence-electron chi connectivity index (χ3n) is 2.45. The van der Waals surface area contributed by atoms with Crippen LogP contribution in [0.5, 0.6) is 5.75 Å². The van der Waals surface area contributed by atoms with Gasteiger partial charge in [-0.1, -0.05) is 12.1 Å². The van der Waals surface area contributed by atoms with E-state index in [1.807, 2.05) is 0 Å². The molecule has 0 radical (unpaired) electrons.